The van der Waals surface area contributed by atoms with Gasteiger partial charge in [0.1, 0.15) is 0 Å². The highest BCUT2D eigenvalue weighted by Crippen LogP contribution is 2.65. The Hall–Kier alpha value is -3.84. The van der Waals surface area contributed by atoms with Crippen molar-refractivity contribution >= 4 is 33.9 Å². The lowest BCUT2D eigenvalue weighted by molar-refractivity contribution is -0.118. The van der Waals surface area contributed by atoms with Crippen LogP contribution >= 0.6 is 0 Å². The quantitative estimate of drug-likeness (QED) is 0.400. The van der Waals surface area contributed by atoms with Gasteiger partial charge in [0.25, 0.3) is 0 Å². The van der Waals surface area contributed by atoms with Crippen LogP contribution in [0.1, 0.15) is 23.5 Å². The summed E-state index contributed by atoms with van der Waals surface area (Å²) in [5.74, 6) is 0.221. The van der Waals surface area contributed by atoms with Crippen LogP contribution in [-0.4, -0.2) is 54.2 Å². The highest BCUT2D eigenvalue weighted by atomic mass is 16.2. The van der Waals surface area contributed by atoms with Crippen molar-refractivity contribution < 1.29 is 4.79 Å². The second kappa shape index (κ2) is 7.33. The standard InChI is InChI=1S/C28H28N6O/c1-33-10-12-34(13-11-33)20-6-2-17(3-7-20)26-21-8-4-18(14-25(21)31-32-26)23-16-28(23)22-15-19(29)5-9-24(22)30-27(28)35/h2-9,14-15,23H,10-13,16,29H2,1H3,(H,30,35)(H,31,32)/t23-,28-/m0/s1. The van der Waals surface area contributed by atoms with Crippen LogP contribution in [0.4, 0.5) is 17.1 Å². The van der Waals surface area contributed by atoms with Gasteiger partial charge in [0.2, 0.25) is 5.91 Å². The molecule has 35 heavy (non-hydrogen) atoms. The Bertz CT molecular complexity index is 1470. The number of nitrogen functional groups attached to an aromatic ring is 1. The van der Waals surface area contributed by atoms with Crippen LogP contribution in [0.15, 0.2) is 60.7 Å². The molecule has 1 amide bonds. The molecule has 0 radical (unpaired) electrons. The molecule has 4 N–H and O–H groups in total. The van der Waals surface area contributed by atoms with Gasteiger partial charge in [-0.3, -0.25) is 9.89 Å². The topological polar surface area (TPSA) is 90.3 Å². The van der Waals surface area contributed by atoms with Gasteiger partial charge in [-0.1, -0.05) is 24.3 Å². The van der Waals surface area contributed by atoms with Crippen LogP contribution in [0.5, 0.6) is 0 Å². The van der Waals surface area contributed by atoms with E-state index >= 15 is 0 Å². The summed E-state index contributed by atoms with van der Waals surface area (Å²) in [6, 6.07) is 20.9. The molecule has 2 aliphatic heterocycles. The maximum atomic E-state index is 12.9. The van der Waals surface area contributed by atoms with E-state index in [1.54, 1.807) is 0 Å². The Balaban J connectivity index is 1.17. The molecule has 1 aromatic heterocycles. The summed E-state index contributed by atoms with van der Waals surface area (Å²) in [5.41, 5.74) is 13.6. The number of H-pyrrole nitrogens is 1. The Morgan fingerprint density at radius 3 is 2.60 bits per heavy atom. The number of aromatic nitrogens is 2. The lowest BCUT2D eigenvalue weighted by atomic mass is 9.91. The molecule has 1 aliphatic carbocycles. The first-order valence-corrected chi connectivity index (χ1v) is 12.3. The zero-order valence-electron chi connectivity index (χ0n) is 19.7. The van der Waals surface area contributed by atoms with E-state index < -0.39 is 5.41 Å². The van der Waals surface area contributed by atoms with Gasteiger partial charge >= 0.3 is 0 Å². The minimum atomic E-state index is -0.500. The molecule has 3 aliphatic rings. The second-order valence-corrected chi connectivity index (χ2v) is 10.2. The Morgan fingerprint density at radius 1 is 1.00 bits per heavy atom. The van der Waals surface area contributed by atoms with Crippen molar-refractivity contribution in [2.75, 3.05) is 49.2 Å². The van der Waals surface area contributed by atoms with Crippen molar-refractivity contribution in [3.05, 3.63) is 71.8 Å². The number of hydrogen-bond acceptors (Lipinski definition) is 5. The number of nitrogens with two attached hydrogens (primary N) is 1. The number of rotatable bonds is 3. The van der Waals surface area contributed by atoms with Crippen molar-refractivity contribution in [3.8, 4) is 11.3 Å². The van der Waals surface area contributed by atoms with Gasteiger partial charge in [0.05, 0.1) is 16.6 Å². The molecule has 0 bridgehead atoms. The molecule has 4 aromatic rings. The number of aromatic amines is 1. The van der Waals surface area contributed by atoms with E-state index in [9.17, 15) is 4.79 Å². The van der Waals surface area contributed by atoms with Gasteiger partial charge in [0, 0.05) is 60.1 Å². The SMILES string of the molecule is CN1CCN(c2ccc(-c3n[nH]c4cc([C@@H]5C[C@@]56C(=O)Nc5ccc(N)cc56)ccc34)cc2)CC1. The van der Waals surface area contributed by atoms with Crippen molar-refractivity contribution in [1.82, 2.24) is 15.1 Å². The van der Waals surface area contributed by atoms with Crippen molar-refractivity contribution in [3.63, 3.8) is 0 Å². The van der Waals surface area contributed by atoms with E-state index in [-0.39, 0.29) is 11.8 Å². The normalized spacial score (nSPS) is 23.6. The third-order valence-corrected chi connectivity index (χ3v) is 8.14. The first kappa shape index (κ1) is 20.5. The third kappa shape index (κ3) is 3.08. The molecule has 1 saturated heterocycles. The Labute approximate surface area is 203 Å². The predicted molar refractivity (Wildman–Crippen MR) is 140 cm³/mol. The number of piperazine rings is 1. The molecule has 3 heterocycles. The van der Waals surface area contributed by atoms with Gasteiger partial charge in [-0.2, -0.15) is 5.10 Å². The summed E-state index contributed by atoms with van der Waals surface area (Å²) in [6.07, 6.45) is 0.801. The maximum absolute atomic E-state index is 12.9. The predicted octanol–water partition coefficient (Wildman–Crippen LogP) is 3.94. The second-order valence-electron chi connectivity index (χ2n) is 10.2. The van der Waals surface area contributed by atoms with Crippen LogP contribution in [0, 0.1) is 0 Å². The smallest absolute Gasteiger partial charge is 0.235 e. The minimum absolute atomic E-state index is 0.0777. The average molecular weight is 465 g/mol. The number of carbonyl (C=O) groups is 1. The van der Waals surface area contributed by atoms with Gasteiger partial charge in [-0.15, -0.1) is 0 Å². The molecule has 176 valence electrons. The fourth-order valence-electron chi connectivity index (χ4n) is 5.98. The highest BCUT2D eigenvalue weighted by Gasteiger charge is 2.65. The number of fused-ring (bicyclic) bond motifs is 3. The molecule has 3 aromatic carbocycles. The van der Waals surface area contributed by atoms with Crippen molar-refractivity contribution in [1.29, 1.82) is 0 Å². The van der Waals surface area contributed by atoms with E-state index in [4.69, 9.17) is 5.73 Å². The van der Waals surface area contributed by atoms with Crippen LogP contribution in [0.3, 0.4) is 0 Å². The largest absolute Gasteiger partial charge is 0.399 e. The molecular weight excluding hydrogens is 436 g/mol. The fourth-order valence-corrected chi connectivity index (χ4v) is 5.98. The number of benzene rings is 3. The third-order valence-electron chi connectivity index (χ3n) is 8.14. The summed E-state index contributed by atoms with van der Waals surface area (Å²) in [4.78, 5) is 17.7. The van der Waals surface area contributed by atoms with E-state index in [0.29, 0.717) is 5.69 Å². The number of likely N-dealkylation sites (N-methyl/N-ethyl adjacent to an activating group) is 1. The van der Waals surface area contributed by atoms with Crippen LogP contribution in [0.2, 0.25) is 0 Å². The van der Waals surface area contributed by atoms with Gasteiger partial charge in [-0.05, 0) is 61.0 Å². The van der Waals surface area contributed by atoms with Crippen LogP contribution in [0.25, 0.3) is 22.2 Å². The number of anilines is 3. The maximum Gasteiger partial charge on any atom is 0.235 e. The first-order chi connectivity index (χ1) is 17.0. The van der Waals surface area contributed by atoms with Gasteiger partial charge < -0.3 is 20.9 Å². The lowest BCUT2D eigenvalue weighted by Gasteiger charge is -2.34. The first-order valence-electron chi connectivity index (χ1n) is 12.3. The molecule has 7 nitrogen and oxygen atoms in total. The van der Waals surface area contributed by atoms with E-state index in [1.807, 2.05) is 18.2 Å². The summed E-state index contributed by atoms with van der Waals surface area (Å²) >= 11 is 0. The summed E-state index contributed by atoms with van der Waals surface area (Å²) in [7, 11) is 2.18. The number of amides is 1. The zero-order valence-corrected chi connectivity index (χ0v) is 19.7. The van der Waals surface area contributed by atoms with E-state index in [1.165, 1.54) is 5.69 Å². The van der Waals surface area contributed by atoms with Crippen molar-refractivity contribution in [2.45, 2.75) is 17.8 Å². The summed E-state index contributed by atoms with van der Waals surface area (Å²) in [6.45, 7) is 4.30. The van der Waals surface area contributed by atoms with Crippen LogP contribution < -0.4 is 16.0 Å². The number of nitrogens with one attached hydrogen (secondary N) is 2. The summed E-state index contributed by atoms with van der Waals surface area (Å²) in [5, 5.41) is 12.0. The van der Waals surface area contributed by atoms with Gasteiger partial charge in [-0.25, -0.2) is 0 Å². The molecule has 2 fully saturated rings. The van der Waals surface area contributed by atoms with Gasteiger partial charge in [0.15, 0.2) is 0 Å². The average Bonchev–Trinajstić information content (AvgIpc) is 3.40. The number of hydrogen-bond donors (Lipinski definition) is 3. The fraction of sp³-hybridized carbons (Fsp3) is 0.286. The molecule has 7 rings (SSSR count). The van der Waals surface area contributed by atoms with E-state index in [2.05, 4.69) is 74.8 Å². The monoisotopic (exact) mass is 464 g/mol. The lowest BCUT2D eigenvalue weighted by Crippen LogP contribution is -2.44. The van der Waals surface area contributed by atoms with E-state index in [0.717, 1.165) is 71.6 Å². The summed E-state index contributed by atoms with van der Waals surface area (Å²) < 4.78 is 0. The Kier molecular flexibility index (Phi) is 4.30. The molecule has 0 unspecified atom stereocenters. The van der Waals surface area contributed by atoms with Crippen LogP contribution in [-0.2, 0) is 10.2 Å². The number of carbonyl (C=O) groups excluding carboxylic acids is 1. The molecule has 7 heteroatoms. The van der Waals surface area contributed by atoms with Crippen molar-refractivity contribution in [2.24, 2.45) is 0 Å². The molecule has 2 atom stereocenters. The Morgan fingerprint density at radius 2 is 1.80 bits per heavy atom. The zero-order chi connectivity index (χ0) is 23.7. The molecular formula is C28H28N6O. The molecule has 1 spiro atoms. The highest BCUT2D eigenvalue weighted by molar-refractivity contribution is 6.10. The number of nitrogens with zero attached hydrogens (tertiary/aromatic N) is 3. The minimum Gasteiger partial charge on any atom is -0.399 e. The molecule has 1 saturated carbocycles.